The molecule has 0 saturated heterocycles. The number of ether oxygens (including phenoxy) is 1. The molecule has 1 aromatic carbocycles. The van der Waals surface area contributed by atoms with Crippen molar-refractivity contribution in [2.75, 3.05) is 18.2 Å². The number of sulfone groups is 1. The first-order valence-corrected chi connectivity index (χ1v) is 7.31. The van der Waals surface area contributed by atoms with Gasteiger partial charge in [0, 0.05) is 6.26 Å². The van der Waals surface area contributed by atoms with E-state index in [0.29, 0.717) is 0 Å². The van der Waals surface area contributed by atoms with Gasteiger partial charge >= 0.3 is 0 Å². The molecule has 0 bridgehead atoms. The van der Waals surface area contributed by atoms with E-state index in [1.54, 1.807) is 0 Å². The summed E-state index contributed by atoms with van der Waals surface area (Å²) in [4.78, 5) is 11.2. The molecule has 1 N–H and O–H groups in total. The maximum absolute atomic E-state index is 12.1. The first-order valence-electron chi connectivity index (χ1n) is 5.42. The van der Waals surface area contributed by atoms with Gasteiger partial charge in [-0.2, -0.15) is 0 Å². The highest BCUT2D eigenvalue weighted by atomic mass is 32.2. The standard InChI is InChI=1S/C12H13F2NO4S/c1-3-12(16)15-9-6-8(20(2,17)18)4-5-10(9)19-7-11(13)14/h3-6,11H,1,7H2,2H3,(H,15,16). The lowest BCUT2D eigenvalue weighted by molar-refractivity contribution is -0.111. The first-order chi connectivity index (χ1) is 9.24. The van der Waals surface area contributed by atoms with E-state index in [2.05, 4.69) is 11.9 Å². The largest absolute Gasteiger partial charge is 0.485 e. The summed E-state index contributed by atoms with van der Waals surface area (Å²) in [7, 11) is -3.50. The van der Waals surface area contributed by atoms with Gasteiger partial charge in [-0.05, 0) is 24.3 Å². The predicted octanol–water partition coefficient (Wildman–Crippen LogP) is 1.86. The predicted molar refractivity (Wildman–Crippen MR) is 69.9 cm³/mol. The van der Waals surface area contributed by atoms with Gasteiger partial charge in [-0.3, -0.25) is 4.79 Å². The Morgan fingerprint density at radius 3 is 2.65 bits per heavy atom. The van der Waals surface area contributed by atoms with E-state index < -0.39 is 28.8 Å². The third-order valence-electron chi connectivity index (χ3n) is 2.19. The zero-order chi connectivity index (χ0) is 15.3. The van der Waals surface area contributed by atoms with Crippen LogP contribution in [0.2, 0.25) is 0 Å². The second-order valence-electron chi connectivity index (χ2n) is 3.83. The van der Waals surface area contributed by atoms with Crippen molar-refractivity contribution >= 4 is 21.4 Å². The second kappa shape index (κ2) is 6.47. The summed E-state index contributed by atoms with van der Waals surface area (Å²) in [6.45, 7) is 2.37. The maximum atomic E-state index is 12.1. The third-order valence-corrected chi connectivity index (χ3v) is 3.30. The number of halogens is 2. The number of hydrogen-bond donors (Lipinski definition) is 1. The van der Waals surface area contributed by atoms with E-state index >= 15 is 0 Å². The van der Waals surface area contributed by atoms with Gasteiger partial charge in [0.2, 0.25) is 5.91 Å². The van der Waals surface area contributed by atoms with E-state index in [0.717, 1.165) is 18.4 Å². The second-order valence-corrected chi connectivity index (χ2v) is 5.84. The molecule has 1 rings (SSSR count). The molecule has 0 unspecified atom stereocenters. The molecule has 5 nitrogen and oxygen atoms in total. The number of nitrogens with one attached hydrogen (secondary N) is 1. The van der Waals surface area contributed by atoms with Gasteiger partial charge in [-0.1, -0.05) is 6.58 Å². The molecular weight excluding hydrogens is 292 g/mol. The Kier molecular flexibility index (Phi) is 5.20. The molecule has 0 spiro atoms. The summed E-state index contributed by atoms with van der Waals surface area (Å²) in [5, 5.41) is 2.31. The van der Waals surface area contributed by atoms with Gasteiger partial charge in [0.05, 0.1) is 10.6 Å². The zero-order valence-electron chi connectivity index (χ0n) is 10.6. The number of alkyl halides is 2. The number of carbonyl (C=O) groups is 1. The van der Waals surface area contributed by atoms with Crippen LogP contribution in [0.3, 0.4) is 0 Å². The van der Waals surface area contributed by atoms with Crippen molar-refractivity contribution in [2.45, 2.75) is 11.3 Å². The van der Waals surface area contributed by atoms with Gasteiger partial charge in [0.1, 0.15) is 12.4 Å². The molecule has 0 radical (unpaired) electrons. The molecule has 0 saturated carbocycles. The first kappa shape index (κ1) is 16.1. The summed E-state index contributed by atoms with van der Waals surface area (Å²) in [5.74, 6) is -0.662. The van der Waals surface area contributed by atoms with Crippen LogP contribution >= 0.6 is 0 Å². The number of carbonyl (C=O) groups excluding carboxylic acids is 1. The summed E-state index contributed by atoms with van der Waals surface area (Å²) < 4.78 is 51.9. The van der Waals surface area contributed by atoms with Gasteiger partial charge < -0.3 is 10.1 Å². The lowest BCUT2D eigenvalue weighted by Gasteiger charge is -2.12. The number of rotatable bonds is 6. The van der Waals surface area contributed by atoms with Crippen LogP contribution in [0, 0.1) is 0 Å². The van der Waals surface area contributed by atoms with Crippen molar-refractivity contribution in [1.82, 2.24) is 0 Å². The van der Waals surface area contributed by atoms with Gasteiger partial charge in [-0.25, -0.2) is 17.2 Å². The lowest BCUT2D eigenvalue weighted by atomic mass is 10.3. The maximum Gasteiger partial charge on any atom is 0.272 e. The van der Waals surface area contributed by atoms with E-state index in [-0.39, 0.29) is 16.3 Å². The molecule has 0 fully saturated rings. The molecule has 0 atom stereocenters. The number of anilines is 1. The molecule has 0 heterocycles. The highest BCUT2D eigenvalue weighted by Gasteiger charge is 2.14. The molecule has 0 aromatic heterocycles. The van der Waals surface area contributed by atoms with Crippen molar-refractivity contribution in [3.8, 4) is 5.75 Å². The third kappa shape index (κ3) is 4.61. The Morgan fingerprint density at radius 1 is 1.50 bits per heavy atom. The SMILES string of the molecule is C=CC(=O)Nc1cc(S(C)(=O)=O)ccc1OCC(F)F. The Bertz CT molecular complexity index is 614. The number of amides is 1. The Hall–Kier alpha value is -1.96. The van der Waals surface area contributed by atoms with E-state index in [1.165, 1.54) is 12.1 Å². The van der Waals surface area contributed by atoms with Crippen LogP contribution in [0.15, 0.2) is 35.7 Å². The Balaban J connectivity index is 3.15. The molecule has 1 amide bonds. The van der Waals surface area contributed by atoms with Crippen LogP contribution in [0.25, 0.3) is 0 Å². The monoisotopic (exact) mass is 305 g/mol. The molecular formula is C12H13F2NO4S. The number of hydrogen-bond acceptors (Lipinski definition) is 4. The summed E-state index contributed by atoms with van der Waals surface area (Å²) in [6.07, 6.45) is -0.738. The van der Waals surface area contributed by atoms with E-state index in [9.17, 15) is 22.0 Å². The van der Waals surface area contributed by atoms with E-state index in [4.69, 9.17) is 4.74 Å². The van der Waals surface area contributed by atoms with Crippen LogP contribution in [0.1, 0.15) is 0 Å². The quantitative estimate of drug-likeness (QED) is 0.814. The van der Waals surface area contributed by atoms with Gasteiger partial charge in [0.15, 0.2) is 9.84 Å². The normalized spacial score (nSPS) is 11.2. The Labute approximate surface area is 115 Å². The van der Waals surface area contributed by atoms with Gasteiger partial charge in [0.25, 0.3) is 6.43 Å². The van der Waals surface area contributed by atoms with Crippen LogP contribution in [-0.4, -0.2) is 33.6 Å². The molecule has 20 heavy (non-hydrogen) atoms. The lowest BCUT2D eigenvalue weighted by Crippen LogP contribution is -2.13. The van der Waals surface area contributed by atoms with Crippen LogP contribution in [-0.2, 0) is 14.6 Å². The molecule has 110 valence electrons. The average Bonchev–Trinajstić information content (AvgIpc) is 2.35. The van der Waals surface area contributed by atoms with Crippen LogP contribution in [0.4, 0.5) is 14.5 Å². The minimum atomic E-state index is -3.50. The van der Waals surface area contributed by atoms with Crippen molar-refractivity contribution in [2.24, 2.45) is 0 Å². The Morgan fingerprint density at radius 2 is 2.15 bits per heavy atom. The molecule has 0 aliphatic rings. The summed E-state index contributed by atoms with van der Waals surface area (Å²) in [5.41, 5.74) is -0.0153. The summed E-state index contributed by atoms with van der Waals surface area (Å²) >= 11 is 0. The molecule has 0 aliphatic carbocycles. The van der Waals surface area contributed by atoms with Gasteiger partial charge in [-0.15, -0.1) is 0 Å². The van der Waals surface area contributed by atoms with Crippen molar-refractivity contribution in [1.29, 1.82) is 0 Å². The molecule has 8 heteroatoms. The molecule has 0 aliphatic heterocycles. The minimum Gasteiger partial charge on any atom is -0.485 e. The molecule has 1 aromatic rings. The highest BCUT2D eigenvalue weighted by Crippen LogP contribution is 2.28. The smallest absolute Gasteiger partial charge is 0.272 e. The summed E-state index contributed by atoms with van der Waals surface area (Å²) in [6, 6.07) is 3.55. The van der Waals surface area contributed by atoms with E-state index in [1.807, 2.05) is 0 Å². The highest BCUT2D eigenvalue weighted by molar-refractivity contribution is 7.90. The van der Waals surface area contributed by atoms with Crippen molar-refractivity contribution < 1.29 is 26.7 Å². The minimum absolute atomic E-state index is 0.0153. The van der Waals surface area contributed by atoms with Crippen LogP contribution < -0.4 is 10.1 Å². The zero-order valence-corrected chi connectivity index (χ0v) is 11.4. The fourth-order valence-corrected chi connectivity index (χ4v) is 1.95. The van der Waals surface area contributed by atoms with Crippen molar-refractivity contribution in [3.05, 3.63) is 30.9 Å². The fourth-order valence-electron chi connectivity index (χ4n) is 1.30. The topological polar surface area (TPSA) is 72.5 Å². The average molecular weight is 305 g/mol. The van der Waals surface area contributed by atoms with Crippen molar-refractivity contribution in [3.63, 3.8) is 0 Å². The fraction of sp³-hybridized carbons (Fsp3) is 0.250. The number of benzene rings is 1. The van der Waals surface area contributed by atoms with Crippen LogP contribution in [0.5, 0.6) is 5.75 Å².